The van der Waals surface area contributed by atoms with Gasteiger partial charge in [0.05, 0.1) is 19.3 Å². The number of nitrogens with zero attached hydrogens (tertiary/aromatic N) is 1. The second kappa shape index (κ2) is 4.81. The smallest absolute Gasteiger partial charge is 0.325 e. The molecule has 0 saturated heterocycles. The molecule has 0 radical (unpaired) electrons. The van der Waals surface area contributed by atoms with Crippen LogP contribution in [0, 0.1) is 5.82 Å². The highest BCUT2D eigenvalue weighted by Crippen LogP contribution is 2.29. The summed E-state index contributed by atoms with van der Waals surface area (Å²) in [7, 11) is 1.22. The summed E-state index contributed by atoms with van der Waals surface area (Å²) in [6.07, 6.45) is 0. The van der Waals surface area contributed by atoms with Gasteiger partial charge in [-0.05, 0) is 12.1 Å². The molecule has 0 aromatic heterocycles. The lowest BCUT2D eigenvalue weighted by atomic mass is 10.1. The van der Waals surface area contributed by atoms with Crippen LogP contribution in [-0.2, 0) is 16.1 Å². The van der Waals surface area contributed by atoms with E-state index in [4.69, 9.17) is 11.6 Å². The Bertz CT molecular complexity index is 521. The third-order valence-corrected chi connectivity index (χ3v) is 2.80. The Labute approximate surface area is 107 Å². The Morgan fingerprint density at radius 2 is 2.33 bits per heavy atom. The summed E-state index contributed by atoms with van der Waals surface area (Å²) < 4.78 is 18.1. The van der Waals surface area contributed by atoms with Gasteiger partial charge in [0.25, 0.3) is 0 Å². The minimum Gasteiger partial charge on any atom is -0.468 e. The molecule has 0 aliphatic carbocycles. The van der Waals surface area contributed by atoms with Crippen LogP contribution in [0.15, 0.2) is 12.1 Å². The molecule has 7 heteroatoms. The Morgan fingerprint density at radius 3 is 3.00 bits per heavy atom. The molecule has 0 unspecified atom stereocenters. The number of ether oxygens (including phenoxy) is 1. The van der Waals surface area contributed by atoms with E-state index in [9.17, 15) is 14.0 Å². The average Bonchev–Trinajstić information content (AvgIpc) is 2.30. The number of esters is 1. The highest BCUT2D eigenvalue weighted by Gasteiger charge is 2.27. The lowest BCUT2D eigenvalue weighted by molar-refractivity contribution is -0.141. The zero-order valence-electron chi connectivity index (χ0n) is 9.50. The molecule has 1 aliphatic rings. The Hall–Kier alpha value is -1.82. The van der Waals surface area contributed by atoms with Gasteiger partial charge in [-0.2, -0.15) is 0 Å². The van der Waals surface area contributed by atoms with E-state index in [-0.39, 0.29) is 18.1 Å². The highest BCUT2D eigenvalue weighted by atomic mass is 35.5. The van der Waals surface area contributed by atoms with Crippen LogP contribution in [0.5, 0.6) is 0 Å². The first-order chi connectivity index (χ1) is 8.51. The number of anilines is 1. The number of urea groups is 1. The Morgan fingerprint density at radius 1 is 1.61 bits per heavy atom. The van der Waals surface area contributed by atoms with Gasteiger partial charge < -0.3 is 15.0 Å². The number of benzene rings is 1. The van der Waals surface area contributed by atoms with Crippen LogP contribution in [-0.4, -0.2) is 30.6 Å². The van der Waals surface area contributed by atoms with Gasteiger partial charge in [-0.1, -0.05) is 11.6 Å². The van der Waals surface area contributed by atoms with Crippen molar-refractivity contribution in [2.24, 2.45) is 0 Å². The van der Waals surface area contributed by atoms with E-state index in [0.717, 1.165) is 11.0 Å². The van der Waals surface area contributed by atoms with E-state index < -0.39 is 17.8 Å². The number of amides is 2. The third kappa shape index (κ3) is 2.38. The van der Waals surface area contributed by atoms with Gasteiger partial charge in [-0.25, -0.2) is 9.18 Å². The second-order valence-corrected chi connectivity index (χ2v) is 4.21. The minimum absolute atomic E-state index is 0.000725. The van der Waals surface area contributed by atoms with Gasteiger partial charge in [-0.3, -0.25) is 4.79 Å². The van der Waals surface area contributed by atoms with Crippen molar-refractivity contribution >= 4 is 29.3 Å². The summed E-state index contributed by atoms with van der Waals surface area (Å²) in [5.74, 6) is -1.09. The molecule has 18 heavy (non-hydrogen) atoms. The number of fused-ring (bicyclic) bond motifs is 1. The maximum atomic E-state index is 13.7. The molecular formula is C11H10ClFN2O3. The zero-order valence-corrected chi connectivity index (χ0v) is 10.3. The monoisotopic (exact) mass is 272 g/mol. The molecule has 0 atom stereocenters. The van der Waals surface area contributed by atoms with Gasteiger partial charge in [0.2, 0.25) is 0 Å². The van der Waals surface area contributed by atoms with Gasteiger partial charge >= 0.3 is 12.0 Å². The topological polar surface area (TPSA) is 58.6 Å². The number of halogens is 2. The van der Waals surface area contributed by atoms with Crippen LogP contribution < -0.4 is 5.32 Å². The van der Waals surface area contributed by atoms with Crippen molar-refractivity contribution in [2.45, 2.75) is 6.54 Å². The molecule has 0 spiro atoms. The summed E-state index contributed by atoms with van der Waals surface area (Å²) in [5, 5.41) is 2.68. The number of carbonyl (C=O) groups excluding carboxylic acids is 2. The average molecular weight is 273 g/mol. The van der Waals surface area contributed by atoms with Crippen molar-refractivity contribution in [2.75, 3.05) is 19.0 Å². The minimum atomic E-state index is -0.567. The second-order valence-electron chi connectivity index (χ2n) is 3.78. The van der Waals surface area contributed by atoms with Crippen LogP contribution in [0.25, 0.3) is 0 Å². The van der Waals surface area contributed by atoms with Crippen LogP contribution >= 0.6 is 11.6 Å². The van der Waals surface area contributed by atoms with Crippen molar-refractivity contribution in [3.05, 3.63) is 28.5 Å². The van der Waals surface area contributed by atoms with Crippen molar-refractivity contribution in [1.82, 2.24) is 4.90 Å². The van der Waals surface area contributed by atoms with Crippen LogP contribution in [0.2, 0.25) is 5.02 Å². The summed E-state index contributed by atoms with van der Waals surface area (Å²) in [4.78, 5) is 23.9. The zero-order chi connectivity index (χ0) is 13.3. The maximum Gasteiger partial charge on any atom is 0.325 e. The molecule has 0 saturated carbocycles. The number of hydrogen-bond donors (Lipinski definition) is 1. The molecule has 1 aliphatic heterocycles. The van der Waals surface area contributed by atoms with Crippen molar-refractivity contribution < 1.29 is 18.7 Å². The summed E-state index contributed by atoms with van der Waals surface area (Å²) in [5.41, 5.74) is 0.619. The van der Waals surface area contributed by atoms with Gasteiger partial charge in [-0.15, -0.1) is 0 Å². The first-order valence-electron chi connectivity index (χ1n) is 5.12. The van der Waals surface area contributed by atoms with E-state index in [2.05, 4.69) is 10.1 Å². The lowest BCUT2D eigenvalue weighted by Crippen LogP contribution is -2.42. The molecule has 5 nitrogen and oxygen atoms in total. The fourth-order valence-corrected chi connectivity index (χ4v) is 1.89. The summed E-state index contributed by atoms with van der Waals surface area (Å²) >= 11 is 5.69. The molecule has 1 aromatic rings. The summed E-state index contributed by atoms with van der Waals surface area (Å²) in [6.45, 7) is -0.233. The fourth-order valence-electron chi connectivity index (χ4n) is 1.68. The van der Waals surface area contributed by atoms with E-state index in [1.54, 1.807) is 0 Å². The standard InChI is InChI=1S/C11H10ClFN2O3/c1-18-10(16)5-15-4-7-8(13)2-6(12)3-9(7)14-11(15)17/h2-3H,4-5H2,1H3,(H,14,17). The van der Waals surface area contributed by atoms with E-state index in [0.29, 0.717) is 11.3 Å². The van der Waals surface area contributed by atoms with E-state index in [1.807, 2.05) is 0 Å². The number of methoxy groups -OCH3 is 1. The molecule has 96 valence electrons. The predicted octanol–water partition coefficient (Wildman–Crippen LogP) is 2.00. The molecule has 1 aromatic carbocycles. The normalized spacial score (nSPS) is 13.9. The fraction of sp³-hybridized carbons (Fsp3) is 0.273. The first kappa shape index (κ1) is 12.6. The Kier molecular flexibility index (Phi) is 3.38. The van der Waals surface area contributed by atoms with Crippen LogP contribution in [0.1, 0.15) is 5.56 Å². The summed E-state index contributed by atoms with van der Waals surface area (Å²) in [6, 6.07) is 2.14. The molecule has 2 amide bonds. The molecule has 0 bridgehead atoms. The highest BCUT2D eigenvalue weighted by molar-refractivity contribution is 6.31. The molecular weight excluding hydrogens is 263 g/mol. The Balaban J connectivity index is 2.27. The van der Waals surface area contributed by atoms with Crippen LogP contribution in [0.4, 0.5) is 14.9 Å². The van der Waals surface area contributed by atoms with E-state index >= 15 is 0 Å². The SMILES string of the molecule is COC(=O)CN1Cc2c(F)cc(Cl)cc2NC1=O. The maximum absolute atomic E-state index is 13.7. The molecule has 1 N–H and O–H groups in total. The number of hydrogen-bond acceptors (Lipinski definition) is 3. The molecule has 2 rings (SSSR count). The largest absolute Gasteiger partial charge is 0.468 e. The molecule has 1 heterocycles. The third-order valence-electron chi connectivity index (χ3n) is 2.59. The van der Waals surface area contributed by atoms with Gasteiger partial charge in [0.15, 0.2) is 0 Å². The van der Waals surface area contributed by atoms with Gasteiger partial charge in [0, 0.05) is 10.6 Å². The van der Waals surface area contributed by atoms with Crippen molar-refractivity contribution in [1.29, 1.82) is 0 Å². The first-order valence-corrected chi connectivity index (χ1v) is 5.49. The van der Waals surface area contributed by atoms with E-state index in [1.165, 1.54) is 13.2 Å². The number of carbonyl (C=O) groups is 2. The predicted molar refractivity (Wildman–Crippen MR) is 62.9 cm³/mol. The lowest BCUT2D eigenvalue weighted by Gasteiger charge is -2.28. The van der Waals surface area contributed by atoms with Gasteiger partial charge in [0.1, 0.15) is 12.4 Å². The quantitative estimate of drug-likeness (QED) is 0.838. The molecule has 0 fully saturated rings. The number of nitrogens with one attached hydrogen (secondary N) is 1. The number of rotatable bonds is 2. The van der Waals surface area contributed by atoms with Crippen molar-refractivity contribution in [3.8, 4) is 0 Å². The van der Waals surface area contributed by atoms with Crippen molar-refractivity contribution in [3.63, 3.8) is 0 Å². The van der Waals surface area contributed by atoms with Crippen LogP contribution in [0.3, 0.4) is 0 Å².